The van der Waals surface area contributed by atoms with E-state index in [0.29, 0.717) is 47.2 Å². The van der Waals surface area contributed by atoms with Crippen LogP contribution in [-0.2, 0) is 14.4 Å². The standard InChI is InChI=1S/C36H45N5O9S/c42-29(7-3-2-6-28-32-26(20-51-28)40-36(49)41-32)37-16-4-1-5-17-38-34(46)23-10-8-21(9-11-23)33(45)22-12-14-24(15-13-22)50-27-19-39-31(35(47)48)25(27)18-30(43)44/h8-15,25-28,31-32,39H,1-7,16-20H2,(H,37,42)(H,38,46)(H,43,44)(H,47,48)(H2,40,41,49)/t25?,26?,27-,28?,31?,32?/m0/s1. The molecular formula is C36H45N5O9S. The van der Waals surface area contributed by atoms with Crippen molar-refractivity contribution in [2.24, 2.45) is 5.92 Å². The smallest absolute Gasteiger partial charge is 0.321 e. The Labute approximate surface area is 300 Å². The lowest BCUT2D eigenvalue weighted by molar-refractivity contribution is -0.142. The molecule has 0 spiro atoms. The summed E-state index contributed by atoms with van der Waals surface area (Å²) in [6.45, 7) is 1.26. The van der Waals surface area contributed by atoms with Crippen LogP contribution >= 0.6 is 11.8 Å². The molecule has 3 aliphatic heterocycles. The average Bonchev–Trinajstić information content (AvgIpc) is 3.80. The largest absolute Gasteiger partial charge is 0.489 e. The molecule has 3 saturated heterocycles. The Morgan fingerprint density at radius 1 is 0.824 bits per heavy atom. The minimum Gasteiger partial charge on any atom is -0.489 e. The number of rotatable bonds is 19. The maximum atomic E-state index is 13.0. The summed E-state index contributed by atoms with van der Waals surface area (Å²) in [5, 5.41) is 33.6. The highest BCUT2D eigenvalue weighted by Crippen LogP contribution is 2.33. The van der Waals surface area contributed by atoms with E-state index in [4.69, 9.17) is 4.74 Å². The zero-order valence-corrected chi connectivity index (χ0v) is 29.0. The molecule has 7 N–H and O–H groups in total. The molecule has 274 valence electrons. The van der Waals surface area contributed by atoms with Gasteiger partial charge < -0.3 is 41.5 Å². The van der Waals surface area contributed by atoms with E-state index < -0.39 is 30.0 Å². The normalized spacial score (nSPS) is 23.5. The second kappa shape index (κ2) is 18.0. The minimum absolute atomic E-state index is 0.0473. The molecule has 0 saturated carbocycles. The number of urea groups is 1. The number of amides is 4. The molecule has 0 aromatic heterocycles. The lowest BCUT2D eigenvalue weighted by Crippen LogP contribution is -2.38. The molecule has 3 aliphatic rings. The van der Waals surface area contributed by atoms with E-state index in [9.17, 15) is 39.0 Å². The van der Waals surface area contributed by atoms with Crippen LogP contribution in [0.2, 0.25) is 0 Å². The third kappa shape index (κ3) is 10.4. The van der Waals surface area contributed by atoms with E-state index in [1.165, 1.54) is 0 Å². The lowest BCUT2D eigenvalue weighted by Gasteiger charge is -2.21. The van der Waals surface area contributed by atoms with E-state index in [-0.39, 0.29) is 48.7 Å². The molecule has 3 heterocycles. The molecule has 0 aliphatic carbocycles. The van der Waals surface area contributed by atoms with Crippen molar-refractivity contribution in [2.45, 2.75) is 80.8 Å². The summed E-state index contributed by atoms with van der Waals surface area (Å²) in [5.74, 6) is -2.13. The van der Waals surface area contributed by atoms with Gasteiger partial charge in [0.25, 0.3) is 5.91 Å². The predicted molar refractivity (Wildman–Crippen MR) is 189 cm³/mol. The number of aliphatic carboxylic acids is 2. The van der Waals surface area contributed by atoms with Crippen LogP contribution in [0, 0.1) is 5.92 Å². The number of carboxylic acids is 2. The highest BCUT2D eigenvalue weighted by molar-refractivity contribution is 8.00. The minimum atomic E-state index is -1.14. The molecule has 3 fully saturated rings. The Morgan fingerprint density at radius 3 is 2.18 bits per heavy atom. The summed E-state index contributed by atoms with van der Waals surface area (Å²) < 4.78 is 5.89. The number of carboxylic acid groups (broad SMARTS) is 2. The van der Waals surface area contributed by atoms with Crippen LogP contribution in [0.1, 0.15) is 77.6 Å². The topological polar surface area (TPSA) is 212 Å². The van der Waals surface area contributed by atoms with Crippen molar-refractivity contribution < 1.29 is 43.7 Å². The first-order valence-electron chi connectivity index (χ1n) is 17.4. The highest BCUT2D eigenvalue weighted by Gasteiger charge is 2.43. The van der Waals surface area contributed by atoms with Gasteiger partial charge in [-0.2, -0.15) is 11.8 Å². The van der Waals surface area contributed by atoms with Crippen molar-refractivity contribution in [3.63, 3.8) is 0 Å². The van der Waals surface area contributed by atoms with Gasteiger partial charge in [0.2, 0.25) is 5.91 Å². The van der Waals surface area contributed by atoms with Gasteiger partial charge in [-0.25, -0.2) is 4.79 Å². The van der Waals surface area contributed by atoms with Gasteiger partial charge in [-0.1, -0.05) is 18.6 Å². The van der Waals surface area contributed by atoms with Crippen LogP contribution in [0.3, 0.4) is 0 Å². The molecule has 4 amide bonds. The summed E-state index contributed by atoms with van der Waals surface area (Å²) in [7, 11) is 0. The van der Waals surface area contributed by atoms with Crippen LogP contribution in [-0.4, -0.2) is 101 Å². The fourth-order valence-electron chi connectivity index (χ4n) is 6.73. The number of fused-ring (bicyclic) bond motifs is 1. The van der Waals surface area contributed by atoms with Crippen LogP contribution in [0.5, 0.6) is 5.75 Å². The number of unbranched alkanes of at least 4 members (excludes halogenated alkanes) is 3. The second-order valence-corrected chi connectivity index (χ2v) is 14.4. The molecule has 51 heavy (non-hydrogen) atoms. The zero-order valence-electron chi connectivity index (χ0n) is 28.2. The van der Waals surface area contributed by atoms with E-state index >= 15 is 0 Å². The van der Waals surface area contributed by atoms with Gasteiger partial charge in [0.1, 0.15) is 17.9 Å². The Kier molecular flexibility index (Phi) is 13.3. The van der Waals surface area contributed by atoms with E-state index in [1.807, 2.05) is 11.8 Å². The van der Waals surface area contributed by atoms with Crippen LogP contribution < -0.4 is 31.3 Å². The number of thioether (sulfide) groups is 1. The van der Waals surface area contributed by atoms with E-state index in [2.05, 4.69) is 26.6 Å². The van der Waals surface area contributed by atoms with Gasteiger partial charge in [0, 0.05) is 59.7 Å². The van der Waals surface area contributed by atoms with Crippen molar-refractivity contribution in [2.75, 3.05) is 25.4 Å². The Balaban J connectivity index is 0.938. The summed E-state index contributed by atoms with van der Waals surface area (Å²) in [6.07, 6.45) is 4.67. The number of ketones is 1. The fraction of sp³-hybridized carbons (Fsp3) is 0.500. The monoisotopic (exact) mass is 723 g/mol. The number of hydrogen-bond acceptors (Lipinski definition) is 9. The first-order chi connectivity index (χ1) is 24.6. The highest BCUT2D eigenvalue weighted by atomic mass is 32.2. The molecule has 0 radical (unpaired) electrons. The number of hydrogen-bond donors (Lipinski definition) is 7. The lowest BCUT2D eigenvalue weighted by atomic mass is 9.94. The fourth-order valence-corrected chi connectivity index (χ4v) is 8.27. The van der Waals surface area contributed by atoms with Crippen molar-refractivity contribution >= 4 is 47.3 Å². The van der Waals surface area contributed by atoms with Crippen LogP contribution in [0.25, 0.3) is 0 Å². The summed E-state index contributed by atoms with van der Waals surface area (Å²) in [5.41, 5.74) is 1.22. The molecule has 14 nitrogen and oxygen atoms in total. The molecule has 0 bridgehead atoms. The quantitative estimate of drug-likeness (QED) is 0.0636. The van der Waals surface area contributed by atoms with Gasteiger partial charge in [0.05, 0.1) is 18.5 Å². The molecule has 5 unspecified atom stereocenters. The zero-order chi connectivity index (χ0) is 36.3. The SMILES string of the molecule is O=C(O)CC1C(C(=O)O)NC[C@@H]1Oc1ccc(C(=O)c2ccc(C(=O)NCCCCCNC(=O)CCCCC3SCC4NC(=O)NC43)cc2)cc1. The number of nitrogens with one attached hydrogen (secondary N) is 5. The molecule has 5 rings (SSSR count). The van der Waals surface area contributed by atoms with Gasteiger partial charge in [-0.05, 0) is 68.5 Å². The van der Waals surface area contributed by atoms with Crippen molar-refractivity contribution in [3.8, 4) is 5.75 Å². The van der Waals surface area contributed by atoms with Crippen molar-refractivity contribution in [3.05, 3.63) is 65.2 Å². The number of benzene rings is 2. The van der Waals surface area contributed by atoms with Crippen LogP contribution in [0.4, 0.5) is 4.79 Å². The number of ether oxygens (including phenoxy) is 1. The summed E-state index contributed by atoms with van der Waals surface area (Å²) in [6, 6.07) is 12.0. The number of carbonyl (C=O) groups excluding carboxylic acids is 4. The van der Waals surface area contributed by atoms with Crippen molar-refractivity contribution in [1.29, 1.82) is 0 Å². The maximum absolute atomic E-state index is 13.0. The van der Waals surface area contributed by atoms with Crippen LogP contribution in [0.15, 0.2) is 48.5 Å². The Morgan fingerprint density at radius 2 is 1.49 bits per heavy atom. The molecular weight excluding hydrogens is 678 g/mol. The van der Waals surface area contributed by atoms with Crippen molar-refractivity contribution in [1.82, 2.24) is 26.6 Å². The van der Waals surface area contributed by atoms with Gasteiger partial charge in [-0.3, -0.25) is 24.0 Å². The maximum Gasteiger partial charge on any atom is 0.321 e. The Bertz CT molecular complexity index is 1570. The molecule has 2 aromatic carbocycles. The predicted octanol–water partition coefficient (Wildman–Crippen LogP) is 2.55. The summed E-state index contributed by atoms with van der Waals surface area (Å²) >= 11 is 1.88. The Hall–Kier alpha value is -4.63. The summed E-state index contributed by atoms with van der Waals surface area (Å²) in [4.78, 5) is 72.1. The third-order valence-electron chi connectivity index (χ3n) is 9.48. The molecule has 2 aromatic rings. The molecule has 15 heteroatoms. The first kappa shape index (κ1) is 37.6. The van der Waals surface area contributed by atoms with Gasteiger partial charge >= 0.3 is 18.0 Å². The van der Waals surface area contributed by atoms with E-state index in [1.54, 1.807) is 48.5 Å². The number of carbonyl (C=O) groups is 6. The average molecular weight is 724 g/mol. The molecule has 6 atom stereocenters. The van der Waals surface area contributed by atoms with Gasteiger partial charge in [-0.15, -0.1) is 0 Å². The van der Waals surface area contributed by atoms with E-state index in [0.717, 1.165) is 44.3 Å². The first-order valence-corrected chi connectivity index (χ1v) is 18.5. The second-order valence-electron chi connectivity index (χ2n) is 13.1. The van der Waals surface area contributed by atoms with Gasteiger partial charge in [0.15, 0.2) is 5.78 Å². The third-order valence-corrected chi connectivity index (χ3v) is 11.0.